The first kappa shape index (κ1) is 32.0. The Morgan fingerprint density at radius 2 is 1.67 bits per heavy atom. The summed E-state index contributed by atoms with van der Waals surface area (Å²) in [6.45, 7) is 2.93. The predicted octanol–water partition coefficient (Wildman–Crippen LogP) is 1.02. The van der Waals surface area contributed by atoms with E-state index in [2.05, 4.69) is 20.1 Å². The van der Waals surface area contributed by atoms with Crippen LogP contribution in [0.5, 0.6) is 0 Å². The zero-order chi connectivity index (χ0) is 31.5. The minimum absolute atomic E-state index is 0.0579. The summed E-state index contributed by atoms with van der Waals surface area (Å²) in [6, 6.07) is 7.07. The van der Waals surface area contributed by atoms with E-state index in [4.69, 9.17) is 11.5 Å². The van der Waals surface area contributed by atoms with Crippen molar-refractivity contribution in [3.05, 3.63) is 64.9 Å². The molecular formula is C28H36F2N8O4S. The van der Waals surface area contributed by atoms with Crippen LogP contribution in [-0.2, 0) is 14.8 Å². The number of carbonyl (C=O) groups is 2. The van der Waals surface area contributed by atoms with Crippen LogP contribution >= 0.6 is 0 Å². The molecule has 4 rings (SSSR count). The number of likely N-dealkylation sites (N-methyl/N-ethyl adjacent to an activating group) is 2. The van der Waals surface area contributed by atoms with Crippen molar-refractivity contribution in [1.29, 1.82) is 0 Å². The van der Waals surface area contributed by atoms with Crippen LogP contribution in [0.1, 0.15) is 16.8 Å². The van der Waals surface area contributed by atoms with Crippen LogP contribution in [0.4, 0.5) is 20.2 Å². The minimum Gasteiger partial charge on any atom is -0.402 e. The molecule has 0 radical (unpaired) electrons. The number of amides is 2. The van der Waals surface area contributed by atoms with Gasteiger partial charge in [0.15, 0.2) is 0 Å². The Bertz CT molecular complexity index is 1550. The van der Waals surface area contributed by atoms with Crippen molar-refractivity contribution in [2.45, 2.75) is 11.3 Å². The Kier molecular flexibility index (Phi) is 9.79. The van der Waals surface area contributed by atoms with Crippen molar-refractivity contribution in [3.63, 3.8) is 0 Å². The molecule has 15 heteroatoms. The lowest BCUT2D eigenvalue weighted by Crippen LogP contribution is -2.44. The highest BCUT2D eigenvalue weighted by atomic mass is 32.2. The van der Waals surface area contributed by atoms with E-state index >= 15 is 0 Å². The molecule has 2 aromatic rings. The zero-order valence-corrected chi connectivity index (χ0v) is 25.1. The van der Waals surface area contributed by atoms with Gasteiger partial charge in [-0.2, -0.15) is 9.30 Å². The smallest absolute Gasteiger partial charge is 0.281 e. The number of hydrogen-bond acceptors (Lipinski definition) is 8. The van der Waals surface area contributed by atoms with Gasteiger partial charge in [0.1, 0.15) is 17.5 Å². The lowest BCUT2D eigenvalue weighted by molar-refractivity contribution is -0.116. The summed E-state index contributed by atoms with van der Waals surface area (Å²) in [5.74, 6) is -3.48. The number of piperazine rings is 1. The Morgan fingerprint density at radius 3 is 2.30 bits per heavy atom. The van der Waals surface area contributed by atoms with Gasteiger partial charge in [-0.25, -0.2) is 17.2 Å². The summed E-state index contributed by atoms with van der Waals surface area (Å²) in [5.41, 5.74) is 13.8. The molecule has 0 bridgehead atoms. The second-order valence-electron chi connectivity index (χ2n) is 10.8. The highest BCUT2D eigenvalue weighted by Crippen LogP contribution is 2.27. The van der Waals surface area contributed by atoms with Gasteiger partial charge in [0.05, 0.1) is 22.7 Å². The zero-order valence-electron chi connectivity index (χ0n) is 24.3. The number of rotatable bonds is 8. The number of anilines is 2. The fourth-order valence-electron chi connectivity index (χ4n) is 4.83. The number of aliphatic imine (C=N–C) groups is 1. The normalized spacial score (nSPS) is 17.4. The van der Waals surface area contributed by atoms with E-state index in [1.807, 2.05) is 7.05 Å². The average molecular weight is 619 g/mol. The first-order valence-corrected chi connectivity index (χ1v) is 15.0. The molecule has 1 saturated heterocycles. The van der Waals surface area contributed by atoms with Crippen molar-refractivity contribution in [1.82, 2.24) is 14.1 Å². The van der Waals surface area contributed by atoms with Gasteiger partial charge < -0.3 is 31.5 Å². The number of nitrogens with zero attached hydrogens (tertiary/aromatic N) is 5. The van der Waals surface area contributed by atoms with Crippen LogP contribution in [0.3, 0.4) is 0 Å². The molecule has 2 aliphatic heterocycles. The van der Waals surface area contributed by atoms with Gasteiger partial charge in [-0.15, -0.1) is 0 Å². The fraction of sp³-hybridized carbons (Fsp3) is 0.393. The van der Waals surface area contributed by atoms with E-state index < -0.39 is 32.5 Å². The van der Waals surface area contributed by atoms with Crippen LogP contribution in [-0.4, -0.2) is 107 Å². The molecule has 2 heterocycles. The molecule has 2 aliphatic rings. The monoisotopic (exact) mass is 618 g/mol. The molecule has 0 unspecified atom stereocenters. The van der Waals surface area contributed by atoms with Crippen molar-refractivity contribution >= 4 is 39.0 Å². The topological polar surface area (TPSA) is 158 Å². The fourth-order valence-corrected chi connectivity index (χ4v) is 6.28. The maximum Gasteiger partial charge on any atom is 0.281 e. The van der Waals surface area contributed by atoms with Gasteiger partial charge in [-0.05, 0) is 51.5 Å². The number of nitrogens with one attached hydrogen (secondary N) is 1. The van der Waals surface area contributed by atoms with Crippen LogP contribution in [0, 0.1) is 11.6 Å². The Balaban J connectivity index is 1.61. The van der Waals surface area contributed by atoms with Gasteiger partial charge in [0, 0.05) is 68.7 Å². The molecule has 5 N–H and O–H groups in total. The lowest BCUT2D eigenvalue weighted by atomic mass is 10.1. The number of carbonyl (C=O) groups excluding carboxylic acids is 2. The third-order valence-corrected chi connectivity index (χ3v) is 9.02. The summed E-state index contributed by atoms with van der Waals surface area (Å²) in [7, 11) is 1.21. The van der Waals surface area contributed by atoms with Gasteiger partial charge in [-0.1, -0.05) is 0 Å². The van der Waals surface area contributed by atoms with E-state index in [0.717, 1.165) is 48.3 Å². The Labute approximate surface area is 249 Å². The molecule has 1 fully saturated rings. The first-order valence-electron chi connectivity index (χ1n) is 13.6. The molecule has 43 heavy (non-hydrogen) atoms. The minimum atomic E-state index is -4.32. The third-order valence-electron chi connectivity index (χ3n) is 7.19. The summed E-state index contributed by atoms with van der Waals surface area (Å²) >= 11 is 0. The number of amidine groups is 1. The molecule has 2 aromatic carbocycles. The molecular weight excluding hydrogens is 582 g/mol. The van der Waals surface area contributed by atoms with Gasteiger partial charge in [0.25, 0.3) is 5.91 Å². The van der Waals surface area contributed by atoms with E-state index in [0.29, 0.717) is 6.07 Å². The van der Waals surface area contributed by atoms with Gasteiger partial charge in [0.2, 0.25) is 15.9 Å². The highest BCUT2D eigenvalue weighted by molar-refractivity contribution is 7.89. The highest BCUT2D eigenvalue weighted by Gasteiger charge is 2.31. The largest absolute Gasteiger partial charge is 0.402 e. The molecule has 12 nitrogen and oxygen atoms in total. The standard InChI is InChI=1S/C28H36F2N8O4S/c1-35(2)17-26(39)33-25-15-20(37-10-8-36(3)9-11-37)4-5-22(25)28(40)34-27(32)23-16-38(7-6-24(23)31)43(41,42)21-13-18(29)12-19(30)14-21/h4-5,12-15H,6-11,16-17,31H2,1-3H3,(H,33,39)(H2,32,34,40). The summed E-state index contributed by atoms with van der Waals surface area (Å²) < 4.78 is 54.8. The third kappa shape index (κ3) is 7.73. The van der Waals surface area contributed by atoms with Gasteiger partial charge >= 0.3 is 0 Å². The molecule has 232 valence electrons. The summed E-state index contributed by atoms with van der Waals surface area (Å²) in [6.07, 6.45) is 0.0579. The number of sulfonamides is 1. The SMILES string of the molecule is CN(C)CC(=O)Nc1cc(N2CCN(C)CC2)ccc1C(=O)N=C(N)C1=C(N)CCN(S(=O)(=O)c2cc(F)cc(F)c2)C1. The molecule has 0 saturated carbocycles. The number of nitrogens with two attached hydrogens (primary N) is 2. The average Bonchev–Trinajstić information content (AvgIpc) is 2.92. The van der Waals surface area contributed by atoms with E-state index in [1.165, 1.54) is 0 Å². The molecule has 0 atom stereocenters. The van der Waals surface area contributed by atoms with Crippen LogP contribution < -0.4 is 21.7 Å². The van der Waals surface area contributed by atoms with Crippen molar-refractivity contribution < 1.29 is 26.8 Å². The van der Waals surface area contributed by atoms with Crippen LogP contribution in [0.2, 0.25) is 0 Å². The predicted molar refractivity (Wildman–Crippen MR) is 160 cm³/mol. The first-order chi connectivity index (χ1) is 20.2. The molecule has 0 aromatic heterocycles. The number of hydrogen-bond donors (Lipinski definition) is 3. The number of halogens is 2. The van der Waals surface area contributed by atoms with Crippen LogP contribution in [0.25, 0.3) is 0 Å². The number of benzene rings is 2. The maximum atomic E-state index is 13.8. The second-order valence-corrected chi connectivity index (χ2v) is 12.7. The van der Waals surface area contributed by atoms with Crippen molar-refractivity contribution in [2.24, 2.45) is 16.5 Å². The Morgan fingerprint density at radius 1 is 1.02 bits per heavy atom. The second kappa shape index (κ2) is 13.2. The molecule has 0 aliphatic carbocycles. The quantitative estimate of drug-likeness (QED) is 0.290. The van der Waals surface area contributed by atoms with E-state index in [-0.39, 0.29) is 60.3 Å². The van der Waals surface area contributed by atoms with E-state index in [9.17, 15) is 26.8 Å². The molecule has 2 amide bonds. The van der Waals surface area contributed by atoms with Crippen molar-refractivity contribution in [2.75, 3.05) is 77.2 Å². The summed E-state index contributed by atoms with van der Waals surface area (Å²) in [5, 5.41) is 2.79. The maximum absolute atomic E-state index is 13.8. The van der Waals surface area contributed by atoms with Gasteiger partial charge in [-0.3, -0.25) is 9.59 Å². The lowest BCUT2D eigenvalue weighted by Gasteiger charge is -2.34. The summed E-state index contributed by atoms with van der Waals surface area (Å²) in [4.78, 5) is 35.6. The van der Waals surface area contributed by atoms with E-state index in [1.54, 1.807) is 37.2 Å². The Hall–Kier alpha value is -3.92. The molecule has 0 spiro atoms. The van der Waals surface area contributed by atoms with Crippen LogP contribution in [0.15, 0.2) is 57.6 Å². The van der Waals surface area contributed by atoms with Crippen molar-refractivity contribution in [3.8, 4) is 0 Å².